The number of nitrogens with zero attached hydrogens (tertiary/aromatic N) is 3. The van der Waals surface area contributed by atoms with Crippen LogP contribution >= 0.6 is 24.0 Å². The number of aliphatic hydroxyl groups excluding tert-OH is 1. The molecule has 7 heteroatoms. The van der Waals surface area contributed by atoms with Crippen LogP contribution in [0.5, 0.6) is 0 Å². The third-order valence-electron chi connectivity index (χ3n) is 4.50. The van der Waals surface area contributed by atoms with E-state index >= 15 is 0 Å². The Morgan fingerprint density at radius 1 is 0.966 bits per heavy atom. The van der Waals surface area contributed by atoms with Gasteiger partial charge in [0.15, 0.2) is 5.96 Å². The fraction of sp³-hybridized carbons (Fsp3) is 0.273. The van der Waals surface area contributed by atoms with Crippen LogP contribution in [0.15, 0.2) is 72.0 Å². The second kappa shape index (κ2) is 12.2. The number of aliphatic imine (C=N–C) groups is 1. The van der Waals surface area contributed by atoms with E-state index in [9.17, 15) is 5.11 Å². The molecule has 29 heavy (non-hydrogen) atoms. The van der Waals surface area contributed by atoms with Crippen LogP contribution in [-0.4, -0.2) is 27.4 Å². The summed E-state index contributed by atoms with van der Waals surface area (Å²) in [4.78, 5) is 4.68. The molecule has 0 saturated heterocycles. The van der Waals surface area contributed by atoms with E-state index in [0.29, 0.717) is 13.1 Å². The molecular weight excluding hydrogens is 477 g/mol. The SMILES string of the molecule is CCNC(=NCc1ccccc1CO)NCc1ccccc1Cn1cccn1.I. The summed E-state index contributed by atoms with van der Waals surface area (Å²) in [6.45, 7) is 4.78. The third-order valence-corrected chi connectivity index (χ3v) is 4.50. The smallest absolute Gasteiger partial charge is 0.191 e. The average molecular weight is 505 g/mol. The highest BCUT2D eigenvalue weighted by molar-refractivity contribution is 14.0. The molecule has 0 atom stereocenters. The molecule has 1 heterocycles. The molecule has 0 bridgehead atoms. The molecule has 0 aliphatic rings. The first kappa shape index (κ1) is 22.9. The highest BCUT2D eigenvalue weighted by Crippen LogP contribution is 2.11. The molecule has 0 fully saturated rings. The second-order valence-electron chi connectivity index (χ2n) is 6.45. The molecule has 0 radical (unpaired) electrons. The van der Waals surface area contributed by atoms with Crippen LogP contribution in [0.4, 0.5) is 0 Å². The van der Waals surface area contributed by atoms with Crippen molar-refractivity contribution in [3.8, 4) is 0 Å². The summed E-state index contributed by atoms with van der Waals surface area (Å²) in [6.07, 6.45) is 3.76. The number of nitrogens with one attached hydrogen (secondary N) is 2. The van der Waals surface area contributed by atoms with Gasteiger partial charge in [-0.3, -0.25) is 4.68 Å². The van der Waals surface area contributed by atoms with Crippen molar-refractivity contribution in [3.05, 3.63) is 89.2 Å². The maximum Gasteiger partial charge on any atom is 0.191 e. The van der Waals surface area contributed by atoms with Gasteiger partial charge < -0.3 is 15.7 Å². The fourth-order valence-electron chi connectivity index (χ4n) is 3.00. The lowest BCUT2D eigenvalue weighted by atomic mass is 10.1. The quantitative estimate of drug-likeness (QED) is 0.250. The Morgan fingerprint density at radius 2 is 1.66 bits per heavy atom. The number of aliphatic hydroxyl groups is 1. The first-order chi connectivity index (χ1) is 13.8. The molecule has 0 unspecified atom stereocenters. The van der Waals surface area contributed by atoms with Gasteiger partial charge in [-0.1, -0.05) is 48.5 Å². The lowest BCUT2D eigenvalue weighted by molar-refractivity contribution is 0.280. The molecule has 0 saturated carbocycles. The van der Waals surface area contributed by atoms with Crippen LogP contribution < -0.4 is 10.6 Å². The summed E-state index contributed by atoms with van der Waals surface area (Å²) in [5, 5.41) is 20.5. The van der Waals surface area contributed by atoms with Gasteiger partial charge in [-0.15, -0.1) is 24.0 Å². The Bertz CT molecular complexity index is 896. The maximum absolute atomic E-state index is 9.49. The van der Waals surface area contributed by atoms with Crippen molar-refractivity contribution in [1.29, 1.82) is 0 Å². The highest BCUT2D eigenvalue weighted by atomic mass is 127. The van der Waals surface area contributed by atoms with E-state index in [-0.39, 0.29) is 30.6 Å². The molecule has 3 rings (SSSR count). The number of benzene rings is 2. The summed E-state index contributed by atoms with van der Waals surface area (Å²) in [7, 11) is 0. The van der Waals surface area contributed by atoms with Gasteiger partial charge in [-0.05, 0) is 35.2 Å². The maximum atomic E-state index is 9.49. The first-order valence-corrected chi connectivity index (χ1v) is 9.54. The monoisotopic (exact) mass is 505 g/mol. The zero-order chi connectivity index (χ0) is 19.6. The lowest BCUT2D eigenvalue weighted by Gasteiger charge is -2.14. The largest absolute Gasteiger partial charge is 0.392 e. The van der Waals surface area contributed by atoms with Crippen molar-refractivity contribution in [3.63, 3.8) is 0 Å². The summed E-state index contributed by atoms with van der Waals surface area (Å²) in [5.41, 5.74) is 4.37. The van der Waals surface area contributed by atoms with E-state index in [1.807, 2.05) is 60.3 Å². The summed E-state index contributed by atoms with van der Waals surface area (Å²) in [6, 6.07) is 18.1. The summed E-state index contributed by atoms with van der Waals surface area (Å²) >= 11 is 0. The Labute approximate surface area is 189 Å². The van der Waals surface area contributed by atoms with E-state index in [1.54, 1.807) is 6.20 Å². The number of aromatic nitrogens is 2. The minimum absolute atomic E-state index is 0. The highest BCUT2D eigenvalue weighted by Gasteiger charge is 2.05. The zero-order valence-corrected chi connectivity index (χ0v) is 18.9. The number of halogens is 1. The van der Waals surface area contributed by atoms with Crippen molar-refractivity contribution < 1.29 is 5.11 Å². The third kappa shape index (κ3) is 6.86. The van der Waals surface area contributed by atoms with Crippen LogP contribution in [0.3, 0.4) is 0 Å². The number of hydrogen-bond donors (Lipinski definition) is 3. The van der Waals surface area contributed by atoms with Gasteiger partial charge in [0, 0.05) is 25.5 Å². The Kier molecular flexibility index (Phi) is 9.66. The van der Waals surface area contributed by atoms with Gasteiger partial charge in [0.05, 0.1) is 19.7 Å². The van der Waals surface area contributed by atoms with E-state index in [0.717, 1.165) is 30.2 Å². The molecule has 154 valence electrons. The molecule has 3 aromatic rings. The van der Waals surface area contributed by atoms with Crippen molar-refractivity contribution >= 4 is 29.9 Å². The zero-order valence-electron chi connectivity index (χ0n) is 16.6. The molecule has 0 spiro atoms. The van der Waals surface area contributed by atoms with Crippen LogP contribution in [0.2, 0.25) is 0 Å². The summed E-state index contributed by atoms with van der Waals surface area (Å²) in [5.74, 6) is 0.754. The van der Waals surface area contributed by atoms with Crippen molar-refractivity contribution in [2.75, 3.05) is 6.54 Å². The van der Waals surface area contributed by atoms with Crippen LogP contribution in [0.1, 0.15) is 29.2 Å². The lowest BCUT2D eigenvalue weighted by Crippen LogP contribution is -2.37. The summed E-state index contributed by atoms with van der Waals surface area (Å²) < 4.78 is 1.92. The standard InChI is InChI=1S/C22H27N5O.HI/c1-2-23-22(25-15-19-9-4-6-11-21(19)17-28)24-14-18-8-3-5-10-20(18)16-27-13-7-12-26-27;/h3-13,28H,2,14-17H2,1H3,(H2,23,24,25);1H. The predicted octanol–water partition coefficient (Wildman–Crippen LogP) is 3.30. The fourth-order valence-corrected chi connectivity index (χ4v) is 3.00. The van der Waals surface area contributed by atoms with E-state index in [1.165, 1.54) is 11.1 Å². The van der Waals surface area contributed by atoms with Gasteiger partial charge in [-0.25, -0.2) is 4.99 Å². The molecule has 2 aromatic carbocycles. The average Bonchev–Trinajstić information content (AvgIpc) is 3.24. The van der Waals surface area contributed by atoms with Crippen LogP contribution in [-0.2, 0) is 26.2 Å². The van der Waals surface area contributed by atoms with Crippen LogP contribution in [0, 0.1) is 0 Å². The Balaban J connectivity index is 0.00000300. The molecular formula is C22H28IN5O. The number of hydrogen-bond acceptors (Lipinski definition) is 3. The Hall–Kier alpha value is -2.39. The van der Waals surface area contributed by atoms with E-state index in [4.69, 9.17) is 0 Å². The first-order valence-electron chi connectivity index (χ1n) is 9.54. The molecule has 3 N–H and O–H groups in total. The van der Waals surface area contributed by atoms with E-state index < -0.39 is 0 Å². The van der Waals surface area contributed by atoms with Crippen molar-refractivity contribution in [2.45, 2.75) is 33.2 Å². The Morgan fingerprint density at radius 3 is 2.31 bits per heavy atom. The van der Waals surface area contributed by atoms with E-state index in [2.05, 4.69) is 32.9 Å². The second-order valence-corrected chi connectivity index (χ2v) is 6.45. The molecule has 0 amide bonds. The van der Waals surface area contributed by atoms with Crippen molar-refractivity contribution in [1.82, 2.24) is 20.4 Å². The van der Waals surface area contributed by atoms with Crippen LogP contribution in [0.25, 0.3) is 0 Å². The molecule has 6 nitrogen and oxygen atoms in total. The van der Waals surface area contributed by atoms with Gasteiger partial charge in [0.2, 0.25) is 0 Å². The minimum Gasteiger partial charge on any atom is -0.392 e. The molecule has 0 aliphatic heterocycles. The van der Waals surface area contributed by atoms with Gasteiger partial charge >= 0.3 is 0 Å². The number of rotatable bonds is 8. The molecule has 0 aliphatic carbocycles. The van der Waals surface area contributed by atoms with Crippen molar-refractivity contribution in [2.24, 2.45) is 4.99 Å². The normalized spacial score (nSPS) is 11.0. The molecule has 1 aromatic heterocycles. The predicted molar refractivity (Wildman–Crippen MR) is 127 cm³/mol. The number of guanidine groups is 1. The topological polar surface area (TPSA) is 74.5 Å². The minimum atomic E-state index is 0. The van der Waals surface area contributed by atoms with Gasteiger partial charge in [-0.2, -0.15) is 5.10 Å². The van der Waals surface area contributed by atoms with Gasteiger partial charge in [0.1, 0.15) is 0 Å². The van der Waals surface area contributed by atoms with Gasteiger partial charge in [0.25, 0.3) is 0 Å².